The zero-order chi connectivity index (χ0) is 13.3. The number of benzene rings is 1. The second-order valence-corrected chi connectivity index (χ2v) is 5.50. The first-order valence-electron chi connectivity index (χ1n) is 6.01. The molecule has 2 aromatic rings. The Hall–Kier alpha value is -1.84. The van der Waals surface area contributed by atoms with E-state index < -0.39 is 5.97 Å². The van der Waals surface area contributed by atoms with E-state index in [2.05, 4.69) is 5.10 Å². The third-order valence-corrected chi connectivity index (χ3v) is 3.11. The molecule has 0 fully saturated rings. The number of carboxylic acids is 1. The van der Waals surface area contributed by atoms with Gasteiger partial charge in [0.2, 0.25) is 0 Å². The predicted octanol–water partition coefficient (Wildman–Crippen LogP) is 2.62. The summed E-state index contributed by atoms with van der Waals surface area (Å²) in [6.07, 6.45) is 0.818. The van der Waals surface area contributed by atoms with Gasteiger partial charge in [-0.1, -0.05) is 32.0 Å². The summed E-state index contributed by atoms with van der Waals surface area (Å²) in [4.78, 5) is 10.8. The van der Waals surface area contributed by atoms with Gasteiger partial charge in [0.15, 0.2) is 0 Å². The van der Waals surface area contributed by atoms with Crippen LogP contribution in [0.15, 0.2) is 24.3 Å². The van der Waals surface area contributed by atoms with Crippen molar-refractivity contribution in [2.45, 2.75) is 26.7 Å². The summed E-state index contributed by atoms with van der Waals surface area (Å²) in [6, 6.07) is 8.03. The summed E-state index contributed by atoms with van der Waals surface area (Å²) >= 11 is 0. The van der Waals surface area contributed by atoms with E-state index >= 15 is 0 Å². The third kappa shape index (κ3) is 2.53. The molecule has 0 spiro atoms. The molecular formula is C14H18N2O2. The van der Waals surface area contributed by atoms with E-state index in [-0.39, 0.29) is 11.8 Å². The molecule has 18 heavy (non-hydrogen) atoms. The second kappa shape index (κ2) is 4.44. The van der Waals surface area contributed by atoms with Gasteiger partial charge in [0.25, 0.3) is 0 Å². The lowest BCUT2D eigenvalue weighted by Crippen LogP contribution is -2.20. The quantitative estimate of drug-likeness (QED) is 0.902. The number of rotatable bonds is 4. The Balaban J connectivity index is 2.35. The van der Waals surface area contributed by atoms with E-state index in [9.17, 15) is 4.79 Å². The zero-order valence-corrected chi connectivity index (χ0v) is 11.0. The summed E-state index contributed by atoms with van der Waals surface area (Å²) in [7, 11) is 1.91. The first kappa shape index (κ1) is 12.6. The van der Waals surface area contributed by atoms with Gasteiger partial charge in [0, 0.05) is 12.4 Å². The average Bonchev–Trinajstić information content (AvgIpc) is 2.54. The van der Waals surface area contributed by atoms with Crippen LogP contribution in [-0.2, 0) is 18.3 Å². The zero-order valence-electron chi connectivity index (χ0n) is 11.0. The van der Waals surface area contributed by atoms with Crippen molar-refractivity contribution in [3.63, 3.8) is 0 Å². The fourth-order valence-corrected chi connectivity index (χ4v) is 2.34. The van der Waals surface area contributed by atoms with Gasteiger partial charge < -0.3 is 5.11 Å². The van der Waals surface area contributed by atoms with Crippen molar-refractivity contribution in [1.29, 1.82) is 0 Å². The summed E-state index contributed by atoms with van der Waals surface area (Å²) in [5.41, 5.74) is 1.76. The fourth-order valence-electron chi connectivity index (χ4n) is 2.34. The number of aromatic nitrogens is 2. The Labute approximate surface area is 106 Å². The van der Waals surface area contributed by atoms with Gasteiger partial charge in [0.1, 0.15) is 0 Å². The number of aliphatic carboxylic acids is 1. The summed E-state index contributed by atoms with van der Waals surface area (Å²) in [5, 5.41) is 14.5. The van der Waals surface area contributed by atoms with E-state index in [1.165, 1.54) is 0 Å². The number of fused-ring (bicyclic) bond motifs is 1. The number of carbonyl (C=O) groups is 1. The minimum absolute atomic E-state index is 0.151. The summed E-state index contributed by atoms with van der Waals surface area (Å²) in [5.74, 6) is -0.764. The van der Waals surface area contributed by atoms with Gasteiger partial charge in [-0.05, 0) is 17.9 Å². The van der Waals surface area contributed by atoms with Gasteiger partial charge in [-0.3, -0.25) is 9.48 Å². The first-order chi connectivity index (χ1) is 8.39. The van der Waals surface area contributed by atoms with E-state index in [0.717, 1.165) is 16.6 Å². The topological polar surface area (TPSA) is 55.1 Å². The summed E-state index contributed by atoms with van der Waals surface area (Å²) < 4.78 is 1.85. The van der Waals surface area contributed by atoms with Crippen LogP contribution < -0.4 is 0 Å². The summed E-state index contributed by atoms with van der Waals surface area (Å²) in [6.45, 7) is 3.93. The molecule has 0 amide bonds. The van der Waals surface area contributed by atoms with Crippen LogP contribution in [0.1, 0.15) is 26.0 Å². The minimum atomic E-state index is -0.764. The van der Waals surface area contributed by atoms with Crippen molar-refractivity contribution >= 4 is 16.9 Å². The van der Waals surface area contributed by atoms with Gasteiger partial charge in [-0.15, -0.1) is 0 Å². The standard InChI is InChI=1S/C14H18N2O2/c1-14(2,9-13(17)18)8-11-10-6-4-5-7-12(10)16(3)15-11/h4-7H,8-9H2,1-3H3,(H,17,18). The minimum Gasteiger partial charge on any atom is -0.481 e. The van der Waals surface area contributed by atoms with Crippen LogP contribution in [-0.4, -0.2) is 20.9 Å². The van der Waals surface area contributed by atoms with Crippen LogP contribution in [0.5, 0.6) is 0 Å². The van der Waals surface area contributed by atoms with E-state index in [0.29, 0.717) is 6.42 Å². The normalized spacial score (nSPS) is 11.9. The Morgan fingerprint density at radius 2 is 2.06 bits per heavy atom. The number of hydrogen-bond acceptors (Lipinski definition) is 2. The van der Waals surface area contributed by atoms with Gasteiger partial charge in [-0.2, -0.15) is 5.10 Å². The molecule has 0 unspecified atom stereocenters. The van der Waals surface area contributed by atoms with Crippen LogP contribution in [0.3, 0.4) is 0 Å². The first-order valence-corrected chi connectivity index (χ1v) is 6.01. The molecule has 0 saturated heterocycles. The van der Waals surface area contributed by atoms with Crippen molar-refractivity contribution in [3.8, 4) is 0 Å². The van der Waals surface area contributed by atoms with Crippen molar-refractivity contribution in [3.05, 3.63) is 30.0 Å². The van der Waals surface area contributed by atoms with Crippen molar-refractivity contribution in [1.82, 2.24) is 9.78 Å². The molecule has 1 aromatic carbocycles. The maximum atomic E-state index is 10.8. The molecule has 1 N–H and O–H groups in total. The lowest BCUT2D eigenvalue weighted by Gasteiger charge is -2.21. The van der Waals surface area contributed by atoms with Gasteiger partial charge in [-0.25, -0.2) is 0 Å². The van der Waals surface area contributed by atoms with E-state index in [1.807, 2.05) is 49.8 Å². The molecule has 1 aromatic heterocycles. The highest BCUT2D eigenvalue weighted by Crippen LogP contribution is 2.29. The van der Waals surface area contributed by atoms with Crippen LogP contribution in [0.4, 0.5) is 0 Å². The van der Waals surface area contributed by atoms with Crippen LogP contribution in [0.2, 0.25) is 0 Å². The van der Waals surface area contributed by atoms with E-state index in [4.69, 9.17) is 5.11 Å². The molecule has 1 heterocycles. The van der Waals surface area contributed by atoms with Crippen molar-refractivity contribution in [2.24, 2.45) is 12.5 Å². The fraction of sp³-hybridized carbons (Fsp3) is 0.429. The number of hydrogen-bond donors (Lipinski definition) is 1. The Kier molecular flexibility index (Phi) is 3.11. The number of carboxylic acid groups (broad SMARTS) is 1. The van der Waals surface area contributed by atoms with Gasteiger partial charge >= 0.3 is 5.97 Å². The molecule has 0 saturated carbocycles. The predicted molar refractivity (Wildman–Crippen MR) is 70.5 cm³/mol. The van der Waals surface area contributed by atoms with Gasteiger partial charge in [0.05, 0.1) is 17.6 Å². The molecule has 96 valence electrons. The van der Waals surface area contributed by atoms with Crippen LogP contribution in [0, 0.1) is 5.41 Å². The highest BCUT2D eigenvalue weighted by molar-refractivity contribution is 5.82. The Bertz CT molecular complexity index is 584. The highest BCUT2D eigenvalue weighted by atomic mass is 16.4. The largest absolute Gasteiger partial charge is 0.481 e. The molecule has 0 aliphatic carbocycles. The molecule has 0 aliphatic heterocycles. The SMILES string of the molecule is Cn1nc(CC(C)(C)CC(=O)O)c2ccccc21. The second-order valence-electron chi connectivity index (χ2n) is 5.50. The Morgan fingerprint density at radius 1 is 1.39 bits per heavy atom. The van der Waals surface area contributed by atoms with Crippen LogP contribution >= 0.6 is 0 Å². The lowest BCUT2D eigenvalue weighted by atomic mass is 9.84. The molecule has 4 heteroatoms. The smallest absolute Gasteiger partial charge is 0.303 e. The molecule has 4 nitrogen and oxygen atoms in total. The van der Waals surface area contributed by atoms with Crippen LogP contribution in [0.25, 0.3) is 10.9 Å². The Morgan fingerprint density at radius 3 is 2.72 bits per heavy atom. The van der Waals surface area contributed by atoms with Crippen molar-refractivity contribution in [2.75, 3.05) is 0 Å². The van der Waals surface area contributed by atoms with E-state index in [1.54, 1.807) is 0 Å². The number of nitrogens with zero attached hydrogens (tertiary/aromatic N) is 2. The molecule has 2 rings (SSSR count). The molecule has 0 atom stereocenters. The molecule has 0 aliphatic rings. The molecular weight excluding hydrogens is 228 g/mol. The number of aryl methyl sites for hydroxylation is 1. The lowest BCUT2D eigenvalue weighted by molar-refractivity contribution is -0.139. The highest BCUT2D eigenvalue weighted by Gasteiger charge is 2.24. The molecule has 0 radical (unpaired) electrons. The number of para-hydroxylation sites is 1. The van der Waals surface area contributed by atoms with Crippen molar-refractivity contribution < 1.29 is 9.90 Å². The maximum absolute atomic E-state index is 10.8. The average molecular weight is 246 g/mol. The maximum Gasteiger partial charge on any atom is 0.303 e. The molecule has 0 bridgehead atoms. The monoisotopic (exact) mass is 246 g/mol. The third-order valence-electron chi connectivity index (χ3n) is 3.11.